The van der Waals surface area contributed by atoms with Crippen molar-refractivity contribution in [2.75, 3.05) is 6.79 Å². The molecule has 2 N–H and O–H groups in total. The van der Waals surface area contributed by atoms with E-state index in [1.165, 1.54) is 0 Å². The summed E-state index contributed by atoms with van der Waals surface area (Å²) in [7, 11) is 0. The standard InChI is InChI=1S/C11H12ClNO3.ClH/c12-11(14)8(13)5-4-7-2-1-3-9-10(7)16-6-15-9;/h1-3,8H,4-6,13H2;1H. The molecule has 17 heavy (non-hydrogen) atoms. The summed E-state index contributed by atoms with van der Waals surface area (Å²) in [6.45, 7) is 0.243. The van der Waals surface area contributed by atoms with Gasteiger partial charge in [-0.05, 0) is 36.1 Å². The van der Waals surface area contributed by atoms with Crippen LogP contribution in [0.25, 0.3) is 0 Å². The molecule has 1 unspecified atom stereocenters. The van der Waals surface area contributed by atoms with Gasteiger partial charge in [-0.15, -0.1) is 12.4 Å². The Morgan fingerprint density at radius 3 is 2.94 bits per heavy atom. The van der Waals surface area contributed by atoms with Crippen LogP contribution in [0.4, 0.5) is 0 Å². The SMILES string of the molecule is Cl.NC(CCc1cccc2c1OCO2)C(=O)Cl. The van der Waals surface area contributed by atoms with Crippen molar-refractivity contribution in [3.05, 3.63) is 23.8 Å². The number of benzene rings is 1. The highest BCUT2D eigenvalue weighted by Crippen LogP contribution is 2.35. The van der Waals surface area contributed by atoms with Gasteiger partial charge in [-0.3, -0.25) is 4.79 Å². The van der Waals surface area contributed by atoms with Crippen LogP contribution in [-0.2, 0) is 11.2 Å². The molecular formula is C11H13Cl2NO3. The first-order chi connectivity index (χ1) is 7.68. The number of ether oxygens (including phenoxy) is 2. The quantitative estimate of drug-likeness (QED) is 0.854. The van der Waals surface area contributed by atoms with Crippen molar-refractivity contribution in [2.45, 2.75) is 18.9 Å². The van der Waals surface area contributed by atoms with Crippen molar-refractivity contribution in [3.63, 3.8) is 0 Å². The Bertz CT molecular complexity index is 412. The van der Waals surface area contributed by atoms with Crippen LogP contribution in [-0.4, -0.2) is 18.1 Å². The minimum absolute atomic E-state index is 0. The molecule has 2 rings (SSSR count). The first-order valence-corrected chi connectivity index (χ1v) is 5.38. The van der Waals surface area contributed by atoms with Gasteiger partial charge in [0.2, 0.25) is 12.0 Å². The zero-order valence-corrected chi connectivity index (χ0v) is 10.6. The van der Waals surface area contributed by atoms with Gasteiger partial charge < -0.3 is 15.2 Å². The van der Waals surface area contributed by atoms with Crippen LogP contribution in [0.2, 0.25) is 0 Å². The molecule has 0 amide bonds. The van der Waals surface area contributed by atoms with E-state index in [1.807, 2.05) is 18.2 Å². The van der Waals surface area contributed by atoms with Crippen molar-refractivity contribution in [1.82, 2.24) is 0 Å². The average molecular weight is 278 g/mol. The van der Waals surface area contributed by atoms with Crippen molar-refractivity contribution >= 4 is 29.3 Å². The summed E-state index contributed by atoms with van der Waals surface area (Å²) in [6.07, 6.45) is 1.15. The fourth-order valence-corrected chi connectivity index (χ4v) is 1.72. The topological polar surface area (TPSA) is 61.6 Å². The van der Waals surface area contributed by atoms with Crippen LogP contribution in [0.1, 0.15) is 12.0 Å². The summed E-state index contributed by atoms with van der Waals surface area (Å²) in [5.74, 6) is 1.49. The number of halogens is 2. The minimum atomic E-state index is -0.625. The molecule has 1 aromatic rings. The number of hydrogen-bond acceptors (Lipinski definition) is 4. The molecule has 1 aliphatic heterocycles. The van der Waals surface area contributed by atoms with Crippen LogP contribution in [0, 0.1) is 0 Å². The highest BCUT2D eigenvalue weighted by atomic mass is 35.5. The third-order valence-electron chi connectivity index (χ3n) is 2.49. The number of rotatable bonds is 4. The third kappa shape index (κ3) is 3.25. The Labute approximate surface area is 110 Å². The number of para-hydroxylation sites is 1. The molecule has 1 heterocycles. The number of aryl methyl sites for hydroxylation is 1. The van der Waals surface area contributed by atoms with E-state index in [9.17, 15) is 4.79 Å². The van der Waals surface area contributed by atoms with E-state index >= 15 is 0 Å². The maximum Gasteiger partial charge on any atom is 0.238 e. The van der Waals surface area contributed by atoms with Gasteiger partial charge in [-0.25, -0.2) is 0 Å². The molecule has 1 atom stereocenters. The fourth-order valence-electron chi connectivity index (χ4n) is 1.61. The average Bonchev–Trinajstić information content (AvgIpc) is 2.73. The van der Waals surface area contributed by atoms with Gasteiger partial charge in [0.05, 0.1) is 6.04 Å². The normalized spacial score (nSPS) is 14.0. The minimum Gasteiger partial charge on any atom is -0.454 e. The molecule has 0 aliphatic carbocycles. The maximum absolute atomic E-state index is 10.8. The van der Waals surface area contributed by atoms with Gasteiger partial charge in [0.1, 0.15) is 0 Å². The van der Waals surface area contributed by atoms with Gasteiger partial charge in [-0.2, -0.15) is 0 Å². The second-order valence-electron chi connectivity index (χ2n) is 3.60. The number of carbonyl (C=O) groups excluding carboxylic acids is 1. The first-order valence-electron chi connectivity index (χ1n) is 5.01. The first kappa shape index (κ1) is 14.1. The van der Waals surface area contributed by atoms with Crippen molar-refractivity contribution < 1.29 is 14.3 Å². The highest BCUT2D eigenvalue weighted by molar-refractivity contribution is 6.64. The molecular weight excluding hydrogens is 265 g/mol. The largest absolute Gasteiger partial charge is 0.454 e. The summed E-state index contributed by atoms with van der Waals surface area (Å²) >= 11 is 5.29. The predicted molar refractivity (Wildman–Crippen MR) is 67.0 cm³/mol. The van der Waals surface area contributed by atoms with E-state index in [0.29, 0.717) is 12.8 Å². The maximum atomic E-state index is 10.8. The molecule has 1 aliphatic rings. The summed E-state index contributed by atoms with van der Waals surface area (Å²) in [6, 6.07) is 5.04. The van der Waals surface area contributed by atoms with Crippen LogP contribution in [0.3, 0.4) is 0 Å². The van der Waals surface area contributed by atoms with Crippen LogP contribution in [0.5, 0.6) is 11.5 Å². The molecule has 6 heteroatoms. The van der Waals surface area contributed by atoms with Crippen molar-refractivity contribution in [2.24, 2.45) is 5.73 Å². The van der Waals surface area contributed by atoms with E-state index in [4.69, 9.17) is 26.8 Å². The van der Waals surface area contributed by atoms with E-state index in [2.05, 4.69) is 0 Å². The second-order valence-corrected chi connectivity index (χ2v) is 3.97. The Morgan fingerprint density at radius 2 is 2.24 bits per heavy atom. The van der Waals surface area contributed by atoms with Crippen molar-refractivity contribution in [1.29, 1.82) is 0 Å². The molecule has 1 aromatic carbocycles. The molecule has 4 nitrogen and oxygen atoms in total. The lowest BCUT2D eigenvalue weighted by molar-refractivity contribution is -0.112. The molecule has 94 valence electrons. The lowest BCUT2D eigenvalue weighted by Crippen LogP contribution is -2.27. The highest BCUT2D eigenvalue weighted by Gasteiger charge is 2.18. The molecule has 0 bridgehead atoms. The molecule has 0 aromatic heterocycles. The summed E-state index contributed by atoms with van der Waals surface area (Å²) < 4.78 is 10.6. The van der Waals surface area contributed by atoms with Gasteiger partial charge in [0, 0.05) is 0 Å². The lowest BCUT2D eigenvalue weighted by atomic mass is 10.0. The van der Waals surface area contributed by atoms with Gasteiger partial charge in [0.15, 0.2) is 11.5 Å². The lowest BCUT2D eigenvalue weighted by Gasteiger charge is -2.08. The Kier molecular flexibility index (Phi) is 5.05. The molecule has 0 radical (unpaired) electrons. The van der Waals surface area contributed by atoms with Gasteiger partial charge in [0.25, 0.3) is 0 Å². The Morgan fingerprint density at radius 1 is 1.47 bits per heavy atom. The van der Waals surface area contributed by atoms with Gasteiger partial charge >= 0.3 is 0 Å². The van der Waals surface area contributed by atoms with E-state index in [-0.39, 0.29) is 19.2 Å². The van der Waals surface area contributed by atoms with Crippen LogP contribution in [0.15, 0.2) is 18.2 Å². The van der Waals surface area contributed by atoms with E-state index in [0.717, 1.165) is 17.1 Å². The van der Waals surface area contributed by atoms with Crippen molar-refractivity contribution in [3.8, 4) is 11.5 Å². The Hall–Kier alpha value is -0.970. The Balaban J connectivity index is 0.00000144. The second kappa shape index (κ2) is 6.10. The van der Waals surface area contributed by atoms with E-state index in [1.54, 1.807) is 0 Å². The number of carbonyl (C=O) groups is 1. The number of hydrogen-bond donors (Lipinski definition) is 1. The van der Waals surface area contributed by atoms with E-state index < -0.39 is 11.3 Å². The van der Waals surface area contributed by atoms with Crippen LogP contribution < -0.4 is 15.2 Å². The summed E-state index contributed by atoms with van der Waals surface area (Å²) in [5, 5.41) is -0.509. The molecule has 0 saturated carbocycles. The van der Waals surface area contributed by atoms with Gasteiger partial charge in [-0.1, -0.05) is 12.1 Å². The molecule has 0 saturated heterocycles. The van der Waals surface area contributed by atoms with Crippen LogP contribution >= 0.6 is 24.0 Å². The third-order valence-corrected chi connectivity index (χ3v) is 2.77. The summed E-state index contributed by atoms with van der Waals surface area (Å²) in [5.41, 5.74) is 6.55. The molecule has 0 spiro atoms. The fraction of sp³-hybridized carbons (Fsp3) is 0.364. The predicted octanol–water partition coefficient (Wildman–Crippen LogP) is 1.86. The molecule has 0 fully saturated rings. The smallest absolute Gasteiger partial charge is 0.238 e. The zero-order chi connectivity index (χ0) is 11.5. The monoisotopic (exact) mass is 277 g/mol. The number of nitrogens with two attached hydrogens (primary N) is 1. The zero-order valence-electron chi connectivity index (χ0n) is 9.02. The summed E-state index contributed by atoms with van der Waals surface area (Å²) in [4.78, 5) is 10.8. The number of fused-ring (bicyclic) bond motifs is 1.